The summed E-state index contributed by atoms with van der Waals surface area (Å²) in [7, 11) is 0. The number of fused-ring (bicyclic) bond motifs is 3. The Kier molecular flexibility index (Phi) is 4.55. The Morgan fingerprint density at radius 3 is 2.38 bits per heavy atom. The van der Waals surface area contributed by atoms with Crippen molar-refractivity contribution < 1.29 is 19.1 Å². The minimum atomic E-state index is -0.463. The summed E-state index contributed by atoms with van der Waals surface area (Å²) in [6.07, 6.45) is 1.42. The van der Waals surface area contributed by atoms with E-state index < -0.39 is 17.8 Å². The molecule has 2 aromatic carbocycles. The summed E-state index contributed by atoms with van der Waals surface area (Å²) in [4.78, 5) is 44.0. The van der Waals surface area contributed by atoms with Crippen LogP contribution in [-0.2, 0) is 4.74 Å². The number of imide groups is 1. The number of hydrogen-bond donors (Lipinski definition) is 0. The Hall–Kier alpha value is -4.33. The van der Waals surface area contributed by atoms with Crippen molar-refractivity contribution in [2.24, 2.45) is 0 Å². The number of amides is 2. The number of carbonyl (C=O) groups is 3. The fourth-order valence-electron chi connectivity index (χ4n) is 3.91. The summed E-state index contributed by atoms with van der Waals surface area (Å²) in [5.74, 6) is -1.37. The third-order valence-electron chi connectivity index (χ3n) is 5.36. The maximum absolute atomic E-state index is 13.4. The zero-order valence-corrected chi connectivity index (χ0v) is 17.4. The average Bonchev–Trinajstić information content (AvgIpc) is 3.28. The highest BCUT2D eigenvalue weighted by Gasteiger charge is 2.40. The van der Waals surface area contributed by atoms with Gasteiger partial charge in [0.05, 0.1) is 45.8 Å². The van der Waals surface area contributed by atoms with Crippen LogP contribution in [0.3, 0.4) is 0 Å². The van der Waals surface area contributed by atoms with Gasteiger partial charge in [0.25, 0.3) is 11.8 Å². The van der Waals surface area contributed by atoms with E-state index in [1.807, 2.05) is 30.3 Å². The summed E-state index contributed by atoms with van der Waals surface area (Å²) in [6.45, 7) is 3.78. The highest BCUT2D eigenvalue weighted by molar-refractivity contribution is 6.37. The van der Waals surface area contributed by atoms with Gasteiger partial charge in [0, 0.05) is 6.20 Å². The molecule has 8 heteroatoms. The molecule has 0 saturated heterocycles. The minimum absolute atomic E-state index is 0.229. The van der Waals surface area contributed by atoms with E-state index in [9.17, 15) is 14.4 Å². The second kappa shape index (κ2) is 7.42. The largest absolute Gasteiger partial charge is 0.462 e. The van der Waals surface area contributed by atoms with Gasteiger partial charge in [-0.1, -0.05) is 18.2 Å². The van der Waals surface area contributed by atoms with Gasteiger partial charge in [-0.3, -0.25) is 9.59 Å². The van der Waals surface area contributed by atoms with Crippen LogP contribution in [0.1, 0.15) is 43.7 Å². The number of esters is 1. The molecule has 2 amide bonds. The predicted octanol–water partition coefficient (Wildman–Crippen LogP) is 3.71. The van der Waals surface area contributed by atoms with Crippen molar-refractivity contribution in [2.45, 2.75) is 13.8 Å². The molecule has 0 saturated carbocycles. The molecule has 0 atom stereocenters. The Bertz CT molecular complexity index is 1390. The summed E-state index contributed by atoms with van der Waals surface area (Å²) in [6, 6.07) is 15.6. The van der Waals surface area contributed by atoms with Gasteiger partial charge in [-0.05, 0) is 50.2 Å². The monoisotopic (exact) mass is 426 g/mol. The van der Waals surface area contributed by atoms with Crippen molar-refractivity contribution in [1.29, 1.82) is 0 Å². The number of para-hydroxylation sites is 1. The Balaban J connectivity index is 1.59. The second-order valence-electron chi connectivity index (χ2n) is 7.29. The van der Waals surface area contributed by atoms with Gasteiger partial charge in [0.1, 0.15) is 0 Å². The van der Waals surface area contributed by atoms with Gasteiger partial charge < -0.3 is 4.74 Å². The van der Waals surface area contributed by atoms with Gasteiger partial charge >= 0.3 is 5.97 Å². The zero-order chi connectivity index (χ0) is 22.4. The second-order valence-corrected chi connectivity index (χ2v) is 7.29. The number of rotatable bonds is 4. The van der Waals surface area contributed by atoms with Crippen LogP contribution < -0.4 is 4.90 Å². The fourth-order valence-corrected chi connectivity index (χ4v) is 3.91. The van der Waals surface area contributed by atoms with E-state index >= 15 is 0 Å². The molecule has 0 bridgehead atoms. The first-order chi connectivity index (χ1) is 15.5. The van der Waals surface area contributed by atoms with E-state index in [-0.39, 0.29) is 17.7 Å². The van der Waals surface area contributed by atoms with Crippen molar-refractivity contribution >= 4 is 34.5 Å². The zero-order valence-electron chi connectivity index (χ0n) is 17.4. The number of pyridine rings is 1. The van der Waals surface area contributed by atoms with Crippen LogP contribution >= 0.6 is 0 Å². The molecule has 158 valence electrons. The number of nitrogens with zero attached hydrogens (tertiary/aromatic N) is 4. The molecule has 0 aliphatic carbocycles. The number of carbonyl (C=O) groups excluding carboxylic acids is 3. The van der Waals surface area contributed by atoms with Gasteiger partial charge in [-0.15, -0.1) is 0 Å². The first-order valence-electron chi connectivity index (χ1n) is 10.1. The lowest BCUT2D eigenvalue weighted by Gasteiger charge is -2.14. The van der Waals surface area contributed by atoms with Crippen LogP contribution in [0.2, 0.25) is 0 Å². The molecular formula is C24H18N4O4. The smallest absolute Gasteiger partial charge is 0.338 e. The topological polar surface area (TPSA) is 94.4 Å². The van der Waals surface area contributed by atoms with Crippen LogP contribution in [0.25, 0.3) is 16.7 Å². The molecule has 3 heterocycles. The van der Waals surface area contributed by atoms with E-state index in [1.165, 1.54) is 18.3 Å². The Labute approximate surface area is 183 Å². The molecule has 0 radical (unpaired) electrons. The normalized spacial score (nSPS) is 13.0. The number of aryl methyl sites for hydroxylation is 1. The standard InChI is InChI=1S/C24H18N4O4/c1-3-32-24(31)15-9-11-16(12-10-15)27-22(29)18-13-25-21-19(20(18)23(27)30)14(2)26-28(21)17-7-5-4-6-8-17/h4-13H,3H2,1-2H3. The summed E-state index contributed by atoms with van der Waals surface area (Å²) >= 11 is 0. The van der Waals surface area contributed by atoms with Crippen LogP contribution in [0.4, 0.5) is 5.69 Å². The van der Waals surface area contributed by atoms with Crippen LogP contribution in [-0.4, -0.2) is 39.2 Å². The molecule has 1 aliphatic rings. The molecule has 0 N–H and O–H groups in total. The highest BCUT2D eigenvalue weighted by Crippen LogP contribution is 2.34. The molecule has 1 aliphatic heterocycles. The van der Waals surface area contributed by atoms with Gasteiger partial charge in [-0.25, -0.2) is 19.4 Å². The molecule has 0 fully saturated rings. The fraction of sp³-hybridized carbons (Fsp3) is 0.125. The number of hydrogen-bond acceptors (Lipinski definition) is 6. The maximum atomic E-state index is 13.4. The van der Waals surface area contributed by atoms with E-state index in [1.54, 1.807) is 30.7 Å². The molecule has 0 unspecified atom stereocenters. The van der Waals surface area contributed by atoms with Crippen molar-refractivity contribution in [2.75, 3.05) is 11.5 Å². The lowest BCUT2D eigenvalue weighted by molar-refractivity contribution is 0.0526. The number of ether oxygens (including phenoxy) is 1. The van der Waals surface area contributed by atoms with Crippen molar-refractivity contribution in [3.63, 3.8) is 0 Å². The Morgan fingerprint density at radius 2 is 1.69 bits per heavy atom. The van der Waals surface area contributed by atoms with Crippen LogP contribution in [0.5, 0.6) is 0 Å². The highest BCUT2D eigenvalue weighted by atomic mass is 16.5. The molecule has 4 aromatic rings. The van der Waals surface area contributed by atoms with Crippen molar-refractivity contribution in [1.82, 2.24) is 14.8 Å². The SMILES string of the molecule is CCOC(=O)c1ccc(N2C(=O)c3cnc4c(c(C)nn4-c4ccccc4)c3C2=O)cc1. The average molecular weight is 426 g/mol. The molecule has 0 spiro atoms. The molecular weight excluding hydrogens is 408 g/mol. The third-order valence-corrected chi connectivity index (χ3v) is 5.36. The van der Waals surface area contributed by atoms with E-state index in [0.717, 1.165) is 10.6 Å². The van der Waals surface area contributed by atoms with Crippen LogP contribution in [0.15, 0.2) is 60.8 Å². The van der Waals surface area contributed by atoms with E-state index in [4.69, 9.17) is 4.74 Å². The summed E-state index contributed by atoms with van der Waals surface area (Å²) in [5.41, 5.74) is 3.15. The third kappa shape index (κ3) is 2.88. The number of benzene rings is 2. The molecule has 8 nitrogen and oxygen atoms in total. The molecule has 32 heavy (non-hydrogen) atoms. The first kappa shape index (κ1) is 19.6. The van der Waals surface area contributed by atoms with Gasteiger partial charge in [0.15, 0.2) is 5.65 Å². The molecule has 2 aromatic heterocycles. The van der Waals surface area contributed by atoms with Crippen LogP contribution in [0, 0.1) is 6.92 Å². The summed E-state index contributed by atoms with van der Waals surface area (Å²) < 4.78 is 6.65. The van der Waals surface area contributed by atoms with Crippen molar-refractivity contribution in [3.8, 4) is 5.69 Å². The minimum Gasteiger partial charge on any atom is -0.462 e. The van der Waals surface area contributed by atoms with Gasteiger partial charge in [0.2, 0.25) is 0 Å². The molecule has 5 rings (SSSR count). The van der Waals surface area contributed by atoms with E-state index in [0.29, 0.717) is 28.0 Å². The number of aromatic nitrogens is 3. The summed E-state index contributed by atoms with van der Waals surface area (Å²) in [5, 5.41) is 5.12. The van der Waals surface area contributed by atoms with Gasteiger partial charge in [-0.2, -0.15) is 5.10 Å². The lowest BCUT2D eigenvalue weighted by atomic mass is 10.1. The number of anilines is 1. The maximum Gasteiger partial charge on any atom is 0.338 e. The lowest BCUT2D eigenvalue weighted by Crippen LogP contribution is -2.29. The predicted molar refractivity (Wildman–Crippen MR) is 117 cm³/mol. The van der Waals surface area contributed by atoms with E-state index in [2.05, 4.69) is 10.1 Å². The first-order valence-corrected chi connectivity index (χ1v) is 10.1. The Morgan fingerprint density at radius 1 is 0.969 bits per heavy atom. The quantitative estimate of drug-likeness (QED) is 0.365. The van der Waals surface area contributed by atoms with Crippen molar-refractivity contribution in [3.05, 3.63) is 83.2 Å².